The first-order chi connectivity index (χ1) is 12.5. The number of carbonyl (C=O) groups is 1. The minimum atomic E-state index is -3.67. The van der Waals surface area contributed by atoms with E-state index in [1.165, 1.54) is 24.3 Å². The Kier molecular flexibility index (Phi) is 7.14. The summed E-state index contributed by atoms with van der Waals surface area (Å²) in [6, 6.07) is 12.9. The van der Waals surface area contributed by atoms with Crippen molar-refractivity contribution in [2.45, 2.75) is 11.4 Å². The Morgan fingerprint density at radius 2 is 1.65 bits per heavy atom. The summed E-state index contributed by atoms with van der Waals surface area (Å²) in [4.78, 5) is 12.0. The zero-order valence-corrected chi connectivity index (χ0v) is 15.5. The van der Waals surface area contributed by atoms with Gasteiger partial charge in [-0.15, -0.1) is 0 Å². The highest BCUT2D eigenvalue weighted by atomic mass is 32.2. The molecule has 26 heavy (non-hydrogen) atoms. The number of nitrogens with one attached hydrogen (secondary N) is 2. The molecule has 8 heteroatoms. The van der Waals surface area contributed by atoms with Crippen LogP contribution in [0.3, 0.4) is 0 Å². The largest absolute Gasteiger partial charge is 0.497 e. The van der Waals surface area contributed by atoms with Gasteiger partial charge in [0.05, 0.1) is 18.6 Å². The van der Waals surface area contributed by atoms with Crippen LogP contribution in [0.15, 0.2) is 53.4 Å². The molecule has 0 fully saturated rings. The second kappa shape index (κ2) is 9.33. The molecular formula is C18H22N2O5S. The molecule has 0 radical (unpaired) electrons. The Bertz CT molecular complexity index is 818. The van der Waals surface area contributed by atoms with Crippen LogP contribution in [0.25, 0.3) is 0 Å². The van der Waals surface area contributed by atoms with Gasteiger partial charge in [-0.25, -0.2) is 13.1 Å². The van der Waals surface area contributed by atoms with E-state index in [-0.39, 0.29) is 17.3 Å². The van der Waals surface area contributed by atoms with E-state index in [9.17, 15) is 13.2 Å². The van der Waals surface area contributed by atoms with Crippen LogP contribution in [-0.4, -0.2) is 41.7 Å². The second-order valence-electron chi connectivity index (χ2n) is 5.45. The molecule has 0 aliphatic heterocycles. The molecule has 2 N–H and O–H groups in total. The maximum Gasteiger partial charge on any atom is 0.251 e. The van der Waals surface area contributed by atoms with Crippen molar-refractivity contribution in [3.63, 3.8) is 0 Å². The number of ether oxygens (including phenoxy) is 2. The Morgan fingerprint density at radius 1 is 1.00 bits per heavy atom. The van der Waals surface area contributed by atoms with Crippen molar-refractivity contribution in [1.82, 2.24) is 10.0 Å². The SMILES string of the molecule is COCCNC(=O)c1ccc(S(=O)(=O)NCc2ccc(OC)cc2)cc1. The lowest BCUT2D eigenvalue weighted by Gasteiger charge is -2.09. The zero-order valence-electron chi connectivity index (χ0n) is 14.7. The van der Waals surface area contributed by atoms with Crippen LogP contribution >= 0.6 is 0 Å². The summed E-state index contributed by atoms with van der Waals surface area (Å²) in [6.45, 7) is 0.956. The van der Waals surface area contributed by atoms with Gasteiger partial charge in [0.15, 0.2) is 0 Å². The monoisotopic (exact) mass is 378 g/mol. The van der Waals surface area contributed by atoms with Crippen molar-refractivity contribution < 1.29 is 22.7 Å². The van der Waals surface area contributed by atoms with E-state index in [0.29, 0.717) is 24.5 Å². The van der Waals surface area contributed by atoms with Gasteiger partial charge >= 0.3 is 0 Å². The minimum Gasteiger partial charge on any atom is -0.497 e. The fraction of sp³-hybridized carbons (Fsp3) is 0.278. The van der Waals surface area contributed by atoms with Crippen LogP contribution in [0, 0.1) is 0 Å². The van der Waals surface area contributed by atoms with Gasteiger partial charge in [0.2, 0.25) is 10.0 Å². The summed E-state index contributed by atoms with van der Waals surface area (Å²) in [5.41, 5.74) is 1.19. The first-order valence-electron chi connectivity index (χ1n) is 7.96. The van der Waals surface area contributed by atoms with E-state index in [1.54, 1.807) is 38.5 Å². The standard InChI is InChI=1S/C18H22N2O5S/c1-24-12-11-19-18(21)15-5-9-17(10-6-15)26(22,23)20-13-14-3-7-16(25-2)8-4-14/h3-10,20H,11-13H2,1-2H3,(H,19,21). The smallest absolute Gasteiger partial charge is 0.251 e. The molecule has 0 heterocycles. The Morgan fingerprint density at radius 3 is 2.23 bits per heavy atom. The molecule has 0 atom stereocenters. The van der Waals surface area contributed by atoms with Crippen LogP contribution in [0.2, 0.25) is 0 Å². The maximum absolute atomic E-state index is 12.4. The van der Waals surface area contributed by atoms with Crippen molar-refractivity contribution in [2.24, 2.45) is 0 Å². The van der Waals surface area contributed by atoms with E-state index in [4.69, 9.17) is 9.47 Å². The molecule has 140 valence electrons. The average molecular weight is 378 g/mol. The minimum absolute atomic E-state index is 0.0967. The first kappa shape index (κ1) is 19.9. The van der Waals surface area contributed by atoms with Crippen molar-refractivity contribution >= 4 is 15.9 Å². The molecule has 0 saturated carbocycles. The van der Waals surface area contributed by atoms with Crippen LogP contribution in [0.4, 0.5) is 0 Å². The van der Waals surface area contributed by atoms with Crippen LogP contribution in [-0.2, 0) is 21.3 Å². The van der Waals surface area contributed by atoms with Crippen LogP contribution in [0.5, 0.6) is 5.75 Å². The van der Waals surface area contributed by atoms with Crippen molar-refractivity contribution in [2.75, 3.05) is 27.4 Å². The van der Waals surface area contributed by atoms with Gasteiger partial charge in [-0.2, -0.15) is 0 Å². The molecule has 0 aliphatic carbocycles. The molecular weight excluding hydrogens is 356 g/mol. The van der Waals surface area contributed by atoms with Crippen molar-refractivity contribution in [3.8, 4) is 5.75 Å². The van der Waals surface area contributed by atoms with Crippen molar-refractivity contribution in [3.05, 3.63) is 59.7 Å². The topological polar surface area (TPSA) is 93.7 Å². The van der Waals surface area contributed by atoms with Crippen molar-refractivity contribution in [1.29, 1.82) is 0 Å². The Balaban J connectivity index is 1.98. The van der Waals surface area contributed by atoms with E-state index in [0.717, 1.165) is 5.56 Å². The first-order valence-corrected chi connectivity index (χ1v) is 9.44. The number of hydrogen-bond donors (Lipinski definition) is 2. The lowest BCUT2D eigenvalue weighted by molar-refractivity contribution is 0.0937. The van der Waals surface area contributed by atoms with Gasteiger partial charge in [0.25, 0.3) is 5.91 Å². The molecule has 0 saturated heterocycles. The average Bonchev–Trinajstić information content (AvgIpc) is 2.67. The fourth-order valence-electron chi connectivity index (χ4n) is 2.16. The molecule has 0 bridgehead atoms. The Labute approximate surface area is 153 Å². The lowest BCUT2D eigenvalue weighted by Crippen LogP contribution is -2.27. The summed E-state index contributed by atoms with van der Waals surface area (Å²) in [5.74, 6) is 0.424. The molecule has 0 aromatic heterocycles. The normalized spacial score (nSPS) is 11.2. The number of amides is 1. The molecule has 0 spiro atoms. The number of rotatable bonds is 9. The van der Waals surface area contributed by atoms with E-state index in [2.05, 4.69) is 10.0 Å². The molecule has 2 rings (SSSR count). The second-order valence-corrected chi connectivity index (χ2v) is 7.21. The molecule has 0 unspecified atom stereocenters. The highest BCUT2D eigenvalue weighted by molar-refractivity contribution is 7.89. The third kappa shape index (κ3) is 5.55. The van der Waals surface area contributed by atoms with Gasteiger partial charge in [-0.1, -0.05) is 12.1 Å². The van der Waals surface area contributed by atoms with E-state index in [1.807, 2.05) is 0 Å². The number of sulfonamides is 1. The highest BCUT2D eigenvalue weighted by Gasteiger charge is 2.14. The summed E-state index contributed by atoms with van der Waals surface area (Å²) in [6.07, 6.45) is 0. The van der Waals surface area contributed by atoms with Gasteiger partial charge < -0.3 is 14.8 Å². The molecule has 2 aromatic carbocycles. The maximum atomic E-state index is 12.4. The number of carbonyl (C=O) groups excluding carboxylic acids is 1. The molecule has 0 aliphatic rings. The van der Waals surface area contributed by atoms with Crippen LogP contribution in [0.1, 0.15) is 15.9 Å². The third-order valence-electron chi connectivity index (χ3n) is 3.64. The van der Waals surface area contributed by atoms with Gasteiger partial charge in [-0.05, 0) is 42.0 Å². The Hall–Kier alpha value is -2.42. The predicted molar refractivity (Wildman–Crippen MR) is 97.7 cm³/mol. The molecule has 1 amide bonds. The summed E-state index contributed by atoms with van der Waals surface area (Å²) < 4.78 is 37.2. The summed E-state index contributed by atoms with van der Waals surface area (Å²) in [7, 11) is -0.555. The quantitative estimate of drug-likeness (QED) is 0.646. The predicted octanol–water partition coefficient (Wildman–Crippen LogP) is 1.55. The van der Waals surface area contributed by atoms with E-state index >= 15 is 0 Å². The number of methoxy groups -OCH3 is 2. The zero-order chi connectivity index (χ0) is 19.0. The summed E-state index contributed by atoms with van der Waals surface area (Å²) >= 11 is 0. The third-order valence-corrected chi connectivity index (χ3v) is 5.06. The molecule has 7 nitrogen and oxygen atoms in total. The van der Waals surface area contributed by atoms with Crippen LogP contribution < -0.4 is 14.8 Å². The fourth-order valence-corrected chi connectivity index (χ4v) is 3.18. The molecule has 2 aromatic rings. The number of hydrogen-bond acceptors (Lipinski definition) is 5. The number of benzene rings is 2. The van der Waals surface area contributed by atoms with Gasteiger partial charge in [0, 0.05) is 25.8 Å². The van der Waals surface area contributed by atoms with Gasteiger partial charge in [0.1, 0.15) is 5.75 Å². The summed E-state index contributed by atoms with van der Waals surface area (Å²) in [5, 5.41) is 2.67. The van der Waals surface area contributed by atoms with Gasteiger partial charge in [-0.3, -0.25) is 4.79 Å². The van der Waals surface area contributed by atoms with E-state index < -0.39 is 10.0 Å². The lowest BCUT2D eigenvalue weighted by atomic mass is 10.2. The highest BCUT2D eigenvalue weighted by Crippen LogP contribution is 2.14.